The van der Waals surface area contributed by atoms with Crippen LogP contribution < -0.4 is 10.6 Å². The summed E-state index contributed by atoms with van der Waals surface area (Å²) in [5, 5.41) is 11.6. The third-order valence-electron chi connectivity index (χ3n) is 4.41. The summed E-state index contributed by atoms with van der Waals surface area (Å²) in [4.78, 5) is 0. The van der Waals surface area contributed by atoms with Crippen molar-refractivity contribution in [2.24, 2.45) is 0 Å². The third kappa shape index (κ3) is 3.72. The predicted molar refractivity (Wildman–Crippen MR) is 115 cm³/mol. The molecule has 0 aliphatic heterocycles. The summed E-state index contributed by atoms with van der Waals surface area (Å²) in [6, 6.07) is 24.2. The lowest BCUT2D eigenvalue weighted by molar-refractivity contribution is 0.475. The highest BCUT2D eigenvalue weighted by molar-refractivity contribution is 7.82. The van der Waals surface area contributed by atoms with E-state index in [-0.39, 0.29) is 5.75 Å². The van der Waals surface area contributed by atoms with Crippen LogP contribution >= 0.6 is 7.14 Å². The SMILES string of the molecule is C=C/C=C(\C=C)P(=O)(c1ccccc1)c1ccc(-c2ccc(O)cc2)cc1. The molecule has 0 radical (unpaired) electrons. The number of benzene rings is 3. The number of allylic oxidation sites excluding steroid dienone is 4. The van der Waals surface area contributed by atoms with E-state index in [0.717, 1.165) is 21.7 Å². The van der Waals surface area contributed by atoms with Gasteiger partial charge in [-0.05, 0) is 23.3 Å². The summed E-state index contributed by atoms with van der Waals surface area (Å²) >= 11 is 0. The molecular weight excluding hydrogens is 351 g/mol. The number of phenolic OH excluding ortho intramolecular Hbond substituents is 1. The van der Waals surface area contributed by atoms with Crippen LogP contribution in [0.3, 0.4) is 0 Å². The van der Waals surface area contributed by atoms with Gasteiger partial charge in [-0.3, -0.25) is 0 Å². The summed E-state index contributed by atoms with van der Waals surface area (Å²) in [6.45, 7) is 7.60. The van der Waals surface area contributed by atoms with E-state index in [2.05, 4.69) is 13.2 Å². The molecular formula is C24H21O2P. The molecule has 0 saturated heterocycles. The van der Waals surface area contributed by atoms with E-state index < -0.39 is 7.14 Å². The second-order valence-electron chi connectivity index (χ2n) is 6.07. The van der Waals surface area contributed by atoms with E-state index in [1.54, 1.807) is 30.4 Å². The molecule has 0 bridgehead atoms. The van der Waals surface area contributed by atoms with Gasteiger partial charge in [0.15, 0.2) is 7.14 Å². The Labute approximate surface area is 160 Å². The van der Waals surface area contributed by atoms with Crippen molar-refractivity contribution in [2.75, 3.05) is 0 Å². The molecule has 0 fully saturated rings. The highest BCUT2D eigenvalue weighted by Crippen LogP contribution is 2.52. The number of aromatic hydroxyl groups is 1. The van der Waals surface area contributed by atoms with Crippen molar-refractivity contribution in [2.45, 2.75) is 0 Å². The minimum absolute atomic E-state index is 0.231. The molecule has 27 heavy (non-hydrogen) atoms. The molecule has 3 aromatic rings. The van der Waals surface area contributed by atoms with Crippen molar-refractivity contribution in [1.29, 1.82) is 0 Å². The molecule has 3 aromatic carbocycles. The fourth-order valence-electron chi connectivity index (χ4n) is 3.03. The van der Waals surface area contributed by atoms with Crippen LogP contribution in [0.1, 0.15) is 0 Å². The average Bonchev–Trinajstić information content (AvgIpc) is 2.73. The Morgan fingerprint density at radius 2 is 1.30 bits per heavy atom. The van der Waals surface area contributed by atoms with Crippen molar-refractivity contribution in [3.63, 3.8) is 0 Å². The average molecular weight is 372 g/mol. The minimum atomic E-state index is -3.04. The number of hydrogen-bond acceptors (Lipinski definition) is 2. The highest BCUT2D eigenvalue weighted by Gasteiger charge is 2.30. The monoisotopic (exact) mass is 372 g/mol. The van der Waals surface area contributed by atoms with Crippen molar-refractivity contribution >= 4 is 17.8 Å². The van der Waals surface area contributed by atoms with Crippen LogP contribution in [0.2, 0.25) is 0 Å². The largest absolute Gasteiger partial charge is 0.508 e. The van der Waals surface area contributed by atoms with Crippen LogP contribution in [0, 0.1) is 0 Å². The topological polar surface area (TPSA) is 37.3 Å². The molecule has 0 saturated carbocycles. The molecule has 1 unspecified atom stereocenters. The number of phenols is 1. The third-order valence-corrected chi connectivity index (χ3v) is 7.52. The van der Waals surface area contributed by atoms with E-state index in [1.165, 1.54) is 0 Å². The molecule has 1 atom stereocenters. The molecule has 0 aromatic heterocycles. The summed E-state index contributed by atoms with van der Waals surface area (Å²) in [7, 11) is -3.04. The quantitative estimate of drug-likeness (QED) is 0.450. The van der Waals surface area contributed by atoms with E-state index in [9.17, 15) is 9.67 Å². The predicted octanol–water partition coefficient (Wildman–Crippen LogP) is 5.63. The second-order valence-corrected chi connectivity index (χ2v) is 8.84. The van der Waals surface area contributed by atoms with Crippen molar-refractivity contribution < 1.29 is 9.67 Å². The van der Waals surface area contributed by atoms with Gasteiger partial charge in [0.2, 0.25) is 0 Å². The van der Waals surface area contributed by atoms with Crippen molar-refractivity contribution in [3.8, 4) is 16.9 Å². The van der Waals surface area contributed by atoms with Crippen LogP contribution in [0.15, 0.2) is 116 Å². The lowest BCUT2D eigenvalue weighted by Gasteiger charge is -2.21. The number of hydrogen-bond donors (Lipinski definition) is 1. The Balaban J connectivity index is 2.12. The van der Waals surface area contributed by atoms with E-state index in [4.69, 9.17) is 0 Å². The molecule has 3 heteroatoms. The fraction of sp³-hybridized carbons (Fsp3) is 0. The maximum absolute atomic E-state index is 14.2. The van der Waals surface area contributed by atoms with Gasteiger partial charge in [0.25, 0.3) is 0 Å². The van der Waals surface area contributed by atoms with E-state index >= 15 is 0 Å². The summed E-state index contributed by atoms with van der Waals surface area (Å²) in [6.07, 6.45) is 5.04. The molecule has 0 amide bonds. The van der Waals surface area contributed by atoms with Gasteiger partial charge in [-0.15, -0.1) is 0 Å². The minimum Gasteiger partial charge on any atom is -0.508 e. The lowest BCUT2D eigenvalue weighted by Crippen LogP contribution is -2.17. The van der Waals surface area contributed by atoms with Crippen LogP contribution in [0.4, 0.5) is 0 Å². The molecule has 0 aliphatic carbocycles. The van der Waals surface area contributed by atoms with Gasteiger partial charge < -0.3 is 9.67 Å². The molecule has 0 spiro atoms. The van der Waals surface area contributed by atoms with Crippen molar-refractivity contribution in [3.05, 3.63) is 116 Å². The summed E-state index contributed by atoms with van der Waals surface area (Å²) in [5.74, 6) is 0.231. The van der Waals surface area contributed by atoms with Gasteiger partial charge in [-0.2, -0.15) is 0 Å². The van der Waals surface area contributed by atoms with Crippen molar-refractivity contribution in [1.82, 2.24) is 0 Å². The zero-order valence-corrected chi connectivity index (χ0v) is 15.8. The molecule has 0 aliphatic rings. The van der Waals surface area contributed by atoms with Gasteiger partial charge in [-0.1, -0.05) is 98.1 Å². The van der Waals surface area contributed by atoms with Crippen LogP contribution in [0.5, 0.6) is 5.75 Å². The maximum atomic E-state index is 14.2. The zero-order valence-electron chi connectivity index (χ0n) is 15.0. The summed E-state index contributed by atoms with van der Waals surface area (Å²) < 4.78 is 14.2. The molecule has 134 valence electrons. The van der Waals surface area contributed by atoms with Gasteiger partial charge in [0.1, 0.15) is 5.75 Å². The maximum Gasteiger partial charge on any atom is 0.170 e. The zero-order chi connectivity index (χ0) is 19.3. The van der Waals surface area contributed by atoms with Gasteiger partial charge in [0.05, 0.1) is 0 Å². The highest BCUT2D eigenvalue weighted by atomic mass is 31.2. The molecule has 0 heterocycles. The van der Waals surface area contributed by atoms with Gasteiger partial charge >= 0.3 is 0 Å². The normalized spacial score (nSPS) is 13.6. The first kappa shape index (κ1) is 18.7. The Morgan fingerprint density at radius 1 is 0.778 bits per heavy atom. The summed E-state index contributed by atoms with van der Waals surface area (Å²) in [5.41, 5.74) is 1.98. The van der Waals surface area contributed by atoms with Crippen LogP contribution in [-0.4, -0.2) is 5.11 Å². The first-order valence-corrected chi connectivity index (χ1v) is 10.3. The Hall–Kier alpha value is -3.09. The number of rotatable bonds is 6. The molecule has 1 N–H and O–H groups in total. The van der Waals surface area contributed by atoms with Gasteiger partial charge in [0, 0.05) is 15.9 Å². The van der Waals surface area contributed by atoms with Gasteiger partial charge in [-0.25, -0.2) is 0 Å². The standard InChI is InChI=1S/C24H21O2P/c1-3-8-22(4-2)27(26,23-9-6-5-7-10-23)24-17-13-20(14-18-24)19-11-15-21(25)16-12-19/h3-18,25H,1-2H2/b22-8+. The smallest absolute Gasteiger partial charge is 0.170 e. The van der Waals surface area contributed by atoms with E-state index in [1.807, 2.05) is 66.7 Å². The lowest BCUT2D eigenvalue weighted by atomic mass is 10.1. The fourth-order valence-corrected chi connectivity index (χ4v) is 5.65. The first-order chi connectivity index (χ1) is 13.1. The second kappa shape index (κ2) is 8.07. The molecule has 2 nitrogen and oxygen atoms in total. The van der Waals surface area contributed by atoms with Crippen LogP contribution in [0.25, 0.3) is 11.1 Å². The Morgan fingerprint density at radius 3 is 1.81 bits per heavy atom. The molecule has 3 rings (SSSR count). The van der Waals surface area contributed by atoms with E-state index in [0.29, 0.717) is 5.31 Å². The Kier molecular flexibility index (Phi) is 5.59. The Bertz CT molecular complexity index is 1010. The first-order valence-electron chi connectivity index (χ1n) is 8.61. The van der Waals surface area contributed by atoms with Crippen LogP contribution in [-0.2, 0) is 4.57 Å².